The summed E-state index contributed by atoms with van der Waals surface area (Å²) in [6.07, 6.45) is 9.10. The van der Waals surface area contributed by atoms with Crippen molar-refractivity contribution in [2.24, 2.45) is 23.2 Å². The quantitative estimate of drug-likeness (QED) is 0.0613. The summed E-state index contributed by atoms with van der Waals surface area (Å²) >= 11 is 0. The third-order valence-corrected chi connectivity index (χ3v) is 9.59. The van der Waals surface area contributed by atoms with Gasteiger partial charge >= 0.3 is 0 Å². The van der Waals surface area contributed by atoms with Crippen molar-refractivity contribution in [3.8, 4) is 6.07 Å². The first-order chi connectivity index (χ1) is 24.8. The van der Waals surface area contributed by atoms with Gasteiger partial charge in [0.25, 0.3) is 5.91 Å². The van der Waals surface area contributed by atoms with Gasteiger partial charge in [-0.2, -0.15) is 5.26 Å². The van der Waals surface area contributed by atoms with E-state index in [1.54, 1.807) is 4.90 Å². The lowest BCUT2D eigenvalue weighted by Crippen LogP contribution is -2.51. The molecule has 0 spiro atoms. The number of nitrogens with one attached hydrogen (secondary N) is 2. The fourth-order valence-electron chi connectivity index (χ4n) is 7.09. The van der Waals surface area contributed by atoms with Crippen LogP contribution in [0, 0.1) is 34.5 Å². The van der Waals surface area contributed by atoms with Crippen LogP contribution in [0.2, 0.25) is 0 Å². The van der Waals surface area contributed by atoms with E-state index in [4.69, 9.17) is 28.4 Å². The van der Waals surface area contributed by atoms with Gasteiger partial charge in [0.1, 0.15) is 11.6 Å². The van der Waals surface area contributed by atoms with Crippen molar-refractivity contribution in [3.63, 3.8) is 0 Å². The molecule has 2 heterocycles. The molecule has 0 aromatic rings. The van der Waals surface area contributed by atoms with Crippen LogP contribution < -0.4 is 10.6 Å². The van der Waals surface area contributed by atoms with Crippen molar-refractivity contribution in [1.29, 1.82) is 5.26 Å². The van der Waals surface area contributed by atoms with Crippen LogP contribution in [0.1, 0.15) is 52.4 Å². The Morgan fingerprint density at radius 2 is 1.39 bits per heavy atom. The number of carbonyl (C=O) groups excluding carboxylic acids is 3. The molecule has 3 fully saturated rings. The predicted molar refractivity (Wildman–Crippen MR) is 191 cm³/mol. The molecule has 0 bridgehead atoms. The molecular formula is C37H63N5O9. The molecule has 0 aromatic carbocycles. The van der Waals surface area contributed by atoms with Crippen molar-refractivity contribution in [3.05, 3.63) is 11.6 Å². The van der Waals surface area contributed by atoms with Crippen LogP contribution in [0.15, 0.2) is 11.6 Å². The number of nitrogens with zero attached hydrogens (tertiary/aromatic N) is 3. The maximum absolute atomic E-state index is 13.8. The molecule has 1 saturated carbocycles. The lowest BCUT2D eigenvalue weighted by Gasteiger charge is -2.41. The van der Waals surface area contributed by atoms with Crippen molar-refractivity contribution in [1.82, 2.24) is 20.4 Å². The van der Waals surface area contributed by atoms with Gasteiger partial charge in [0.15, 0.2) is 0 Å². The van der Waals surface area contributed by atoms with Crippen LogP contribution >= 0.6 is 0 Å². The Bertz CT molecular complexity index is 1070. The normalized spacial score (nSPS) is 20.9. The molecule has 3 amide bonds. The second-order valence-electron chi connectivity index (χ2n) is 14.3. The molecule has 290 valence electrons. The van der Waals surface area contributed by atoms with E-state index in [2.05, 4.69) is 35.5 Å². The fraction of sp³-hybridized carbons (Fsp3) is 0.838. The van der Waals surface area contributed by atoms with Gasteiger partial charge in [-0.1, -0.05) is 52.0 Å². The SMILES string of the molecule is CC(C)(/C=C(\C#N)C(=O)N1CC(C(=O)NCCOCCOCCOCCOCCOCCNC=O)CC(C2CCCCC2)C1)CN1CCOCC1. The second kappa shape index (κ2) is 25.4. The molecule has 0 aromatic heterocycles. The zero-order chi connectivity index (χ0) is 36.6. The highest BCUT2D eigenvalue weighted by atomic mass is 16.6. The first-order valence-electron chi connectivity index (χ1n) is 18.9. The number of likely N-dealkylation sites (tertiary alicyclic amines) is 1. The number of morpholine rings is 1. The number of rotatable bonds is 25. The molecule has 2 aliphatic heterocycles. The maximum atomic E-state index is 13.8. The number of ether oxygens (including phenoxy) is 6. The smallest absolute Gasteiger partial charge is 0.264 e. The minimum atomic E-state index is -0.365. The highest BCUT2D eigenvalue weighted by Gasteiger charge is 2.38. The number of hydrogen-bond acceptors (Lipinski definition) is 11. The highest BCUT2D eigenvalue weighted by Crippen LogP contribution is 2.37. The number of piperidine rings is 1. The summed E-state index contributed by atoms with van der Waals surface area (Å²) in [5, 5.41) is 15.6. The summed E-state index contributed by atoms with van der Waals surface area (Å²) in [6, 6.07) is 2.20. The van der Waals surface area contributed by atoms with E-state index in [-0.39, 0.29) is 34.6 Å². The van der Waals surface area contributed by atoms with E-state index in [9.17, 15) is 19.6 Å². The largest absolute Gasteiger partial charge is 0.379 e. The number of amides is 3. The molecule has 14 nitrogen and oxygen atoms in total. The van der Waals surface area contributed by atoms with E-state index in [0.717, 1.165) is 38.9 Å². The van der Waals surface area contributed by atoms with Gasteiger partial charge in [0.05, 0.1) is 85.2 Å². The number of hydrogen-bond donors (Lipinski definition) is 2. The lowest BCUT2D eigenvalue weighted by atomic mass is 9.74. The van der Waals surface area contributed by atoms with Crippen molar-refractivity contribution >= 4 is 18.2 Å². The Morgan fingerprint density at radius 3 is 1.96 bits per heavy atom. The van der Waals surface area contributed by atoms with Gasteiger partial charge < -0.3 is 44.0 Å². The Balaban J connectivity index is 1.34. The van der Waals surface area contributed by atoms with Gasteiger partial charge in [-0.05, 0) is 23.7 Å². The first kappa shape index (κ1) is 42.8. The van der Waals surface area contributed by atoms with E-state index < -0.39 is 0 Å². The lowest BCUT2D eigenvalue weighted by molar-refractivity contribution is -0.135. The summed E-state index contributed by atoms with van der Waals surface area (Å²) in [5.41, 5.74) is -0.205. The summed E-state index contributed by atoms with van der Waals surface area (Å²) in [7, 11) is 0. The number of nitriles is 1. The topological polar surface area (TPSA) is 161 Å². The third kappa shape index (κ3) is 17.6. The molecule has 0 radical (unpaired) electrons. The number of carbonyl (C=O) groups is 3. The molecule has 51 heavy (non-hydrogen) atoms. The summed E-state index contributed by atoms with van der Waals surface area (Å²) < 4.78 is 32.9. The Labute approximate surface area is 304 Å². The van der Waals surface area contributed by atoms with E-state index in [1.807, 2.05) is 6.08 Å². The molecule has 1 aliphatic carbocycles. The summed E-state index contributed by atoms with van der Waals surface area (Å²) in [6.45, 7) is 14.1. The molecule has 3 aliphatic rings. The van der Waals surface area contributed by atoms with E-state index in [0.29, 0.717) is 118 Å². The standard InChI is InChI=1S/C37H63N5O9/c1-37(2,29-41-10-14-48-15-11-41)25-34(26-38)36(45)42-27-32(31-6-4-3-5-7-31)24-33(28-42)35(44)40-9-13-47-17-19-50-21-23-51-22-20-49-18-16-46-12-8-39-30-43/h25,30-33H,3-24,27-29H2,1-2H3,(H,39,43)(H,40,44)/b34-25+. The molecular weight excluding hydrogens is 658 g/mol. The van der Waals surface area contributed by atoms with Gasteiger partial charge in [-0.3, -0.25) is 19.3 Å². The van der Waals surface area contributed by atoms with Crippen LogP contribution in [0.3, 0.4) is 0 Å². The van der Waals surface area contributed by atoms with Crippen LogP contribution in [-0.4, -0.2) is 153 Å². The molecule has 2 saturated heterocycles. The fourth-order valence-corrected chi connectivity index (χ4v) is 7.09. The molecule has 2 atom stereocenters. The third-order valence-electron chi connectivity index (χ3n) is 9.59. The van der Waals surface area contributed by atoms with Crippen molar-refractivity contribution in [2.45, 2.75) is 52.4 Å². The van der Waals surface area contributed by atoms with Crippen molar-refractivity contribution in [2.75, 3.05) is 125 Å². The summed E-state index contributed by atoms with van der Waals surface area (Å²) in [4.78, 5) is 41.5. The van der Waals surface area contributed by atoms with Crippen LogP contribution in [0.4, 0.5) is 0 Å². The van der Waals surface area contributed by atoms with E-state index in [1.165, 1.54) is 19.3 Å². The minimum absolute atomic E-state index is 0.0659. The molecule has 2 N–H and O–H groups in total. The second-order valence-corrected chi connectivity index (χ2v) is 14.3. The zero-order valence-corrected chi connectivity index (χ0v) is 31.1. The minimum Gasteiger partial charge on any atom is -0.379 e. The Hall–Kier alpha value is -2.64. The average molecular weight is 722 g/mol. The summed E-state index contributed by atoms with van der Waals surface area (Å²) in [5.74, 6) is 0.0794. The molecule has 2 unspecified atom stereocenters. The molecule has 14 heteroatoms. The maximum Gasteiger partial charge on any atom is 0.264 e. The Kier molecular flexibility index (Phi) is 21.3. The van der Waals surface area contributed by atoms with Crippen LogP contribution in [0.5, 0.6) is 0 Å². The van der Waals surface area contributed by atoms with Crippen molar-refractivity contribution < 1.29 is 42.8 Å². The average Bonchev–Trinajstić information content (AvgIpc) is 3.14. The van der Waals surface area contributed by atoms with E-state index >= 15 is 0 Å². The van der Waals surface area contributed by atoms with Gasteiger partial charge in [0.2, 0.25) is 12.3 Å². The first-order valence-corrected chi connectivity index (χ1v) is 18.9. The van der Waals surface area contributed by atoms with Gasteiger partial charge in [0, 0.05) is 45.8 Å². The zero-order valence-electron chi connectivity index (χ0n) is 31.1. The highest BCUT2D eigenvalue weighted by molar-refractivity contribution is 5.97. The van der Waals surface area contributed by atoms with Gasteiger partial charge in [-0.25, -0.2) is 0 Å². The monoisotopic (exact) mass is 721 g/mol. The Morgan fingerprint density at radius 1 is 0.824 bits per heavy atom. The molecule has 3 rings (SSSR count). The van der Waals surface area contributed by atoms with Gasteiger partial charge in [-0.15, -0.1) is 0 Å². The predicted octanol–water partition coefficient (Wildman–Crippen LogP) is 1.78. The van der Waals surface area contributed by atoms with Crippen LogP contribution in [0.25, 0.3) is 0 Å². The van der Waals surface area contributed by atoms with Crippen LogP contribution in [-0.2, 0) is 42.8 Å².